The first-order chi connectivity index (χ1) is 27.5. The van der Waals surface area contributed by atoms with Gasteiger partial charge in [-0.15, -0.1) is 4.52 Å². The van der Waals surface area contributed by atoms with Crippen LogP contribution in [0, 0.1) is 0 Å². The number of aliphatic hydroxyl groups is 4. The summed E-state index contributed by atoms with van der Waals surface area (Å²) in [6.07, 6.45) is 0. The molecule has 0 fully saturated rings. The maximum atomic E-state index is 10.5. The molecule has 56 heavy (non-hydrogen) atoms. The third-order valence-electron chi connectivity index (χ3n) is 8.07. The zero-order chi connectivity index (χ0) is 38.7. The zero-order valence-electron chi connectivity index (χ0n) is 29.8. The van der Waals surface area contributed by atoms with Gasteiger partial charge in [-0.2, -0.15) is 0 Å². The average molecular weight is 814 g/mol. The minimum atomic E-state index is -4.17. The summed E-state index contributed by atoms with van der Waals surface area (Å²) in [6, 6.07) is 45.7. The Morgan fingerprint density at radius 1 is 0.446 bits per heavy atom. The first-order valence-corrected chi connectivity index (χ1v) is 21.2. The zero-order valence-corrected chi connectivity index (χ0v) is 32.4. The molecule has 0 saturated heterocycles. The van der Waals surface area contributed by atoms with Gasteiger partial charge in [0.1, 0.15) is 28.7 Å². The summed E-state index contributed by atoms with van der Waals surface area (Å²) in [4.78, 5) is 13.5. The quantitative estimate of drug-likeness (QED) is 0.0689. The summed E-state index contributed by atoms with van der Waals surface area (Å²) in [7, 11) is -9.03. The number of hydrogen-bond acceptors (Lipinski definition) is 13. The predicted octanol–water partition coefficient (Wildman–Crippen LogP) is 9.28. The fourth-order valence-electron chi connectivity index (χ4n) is 5.27. The van der Waals surface area contributed by atoms with Crippen LogP contribution in [0.4, 0.5) is 0 Å². The molecule has 7 rings (SSSR count). The summed E-state index contributed by atoms with van der Waals surface area (Å²) in [5, 5.41) is 41.7. The standard InChI is InChI=1S/C40H38N3O10P3/c44-27-31-15-7-11-23-37(31)49-42-54(51-38-24-12-8-16-32(38)28-45)41-56(52-39-25-13-9-17-33(39)29-46,53-40-26-14-10-18-34(40)30-47)43(48-35-19-3-1-4-20-35)55(42)50-36-21-5-2-6-22-36/h1-26,44-47H,27-30H2. The van der Waals surface area contributed by atoms with Crippen molar-refractivity contribution >= 4 is 24.6 Å². The van der Waals surface area contributed by atoms with Crippen LogP contribution in [0.2, 0.25) is 0 Å². The van der Waals surface area contributed by atoms with Crippen molar-refractivity contribution in [2.75, 3.05) is 0 Å². The highest BCUT2D eigenvalue weighted by Crippen LogP contribution is 2.78. The van der Waals surface area contributed by atoms with E-state index >= 15 is 0 Å². The van der Waals surface area contributed by atoms with Crippen LogP contribution in [0.1, 0.15) is 22.3 Å². The molecule has 0 bridgehead atoms. The molecule has 13 nitrogen and oxygen atoms in total. The van der Waals surface area contributed by atoms with Gasteiger partial charge < -0.3 is 48.2 Å². The second kappa shape index (κ2) is 18.7. The second-order valence-corrected chi connectivity index (χ2v) is 17.4. The van der Waals surface area contributed by atoms with Crippen molar-refractivity contribution in [3.63, 3.8) is 0 Å². The number of benzene rings is 6. The van der Waals surface area contributed by atoms with Gasteiger partial charge in [-0.3, -0.25) is 0 Å². The molecule has 1 aliphatic heterocycles. The summed E-state index contributed by atoms with van der Waals surface area (Å²) in [5.74, 6) is 1.82. The highest BCUT2D eigenvalue weighted by molar-refractivity contribution is 7.78. The number of rotatable bonds is 16. The van der Waals surface area contributed by atoms with E-state index in [2.05, 4.69) is 0 Å². The Hall–Kier alpha value is -5.03. The third kappa shape index (κ3) is 8.99. The summed E-state index contributed by atoms with van der Waals surface area (Å²) >= 11 is 0. The van der Waals surface area contributed by atoms with Crippen molar-refractivity contribution in [3.05, 3.63) is 180 Å². The fourth-order valence-corrected chi connectivity index (χ4v) is 12.9. The lowest BCUT2D eigenvalue weighted by atomic mass is 10.2. The van der Waals surface area contributed by atoms with Gasteiger partial charge in [-0.05, 0) is 48.5 Å². The van der Waals surface area contributed by atoms with Gasteiger partial charge in [-0.1, -0.05) is 109 Å². The van der Waals surface area contributed by atoms with Gasteiger partial charge in [0.05, 0.1) is 26.4 Å². The molecular formula is C40H38N3O10P3. The molecule has 2 atom stereocenters. The largest absolute Gasteiger partial charge is 0.447 e. The van der Waals surface area contributed by atoms with E-state index in [-0.39, 0.29) is 43.7 Å². The molecule has 0 amide bonds. The van der Waals surface area contributed by atoms with Crippen molar-refractivity contribution < 1.29 is 48.2 Å². The predicted molar refractivity (Wildman–Crippen MR) is 213 cm³/mol. The van der Waals surface area contributed by atoms with Crippen LogP contribution < -0.4 is 27.8 Å². The topological polar surface area (TPSA) is 155 Å². The van der Waals surface area contributed by atoms with Crippen LogP contribution in [0.5, 0.6) is 34.5 Å². The fraction of sp³-hybridized carbons (Fsp3) is 0.100. The molecule has 16 heteroatoms. The van der Waals surface area contributed by atoms with E-state index in [1.54, 1.807) is 133 Å². The molecule has 6 aromatic rings. The van der Waals surface area contributed by atoms with Gasteiger partial charge in [0, 0.05) is 31.5 Å². The van der Waals surface area contributed by atoms with E-state index < -0.39 is 24.6 Å². The third-order valence-corrected chi connectivity index (χ3v) is 14.9. The minimum absolute atomic E-state index is 0.232. The number of hydrogen-bond donors (Lipinski definition) is 4. The van der Waals surface area contributed by atoms with Crippen LogP contribution in [0.3, 0.4) is 0 Å². The SMILES string of the molecule is OCc1ccccc1ON1P(Oc2ccccc2CO)N=P(Oc2ccccc2CO)(Oc2ccccc2CO)N(Oc2ccccc2)P1Oc1ccccc1. The molecule has 0 saturated carbocycles. The molecule has 2 unspecified atom stereocenters. The van der Waals surface area contributed by atoms with E-state index in [0.29, 0.717) is 39.5 Å². The van der Waals surface area contributed by atoms with Crippen molar-refractivity contribution in [1.82, 2.24) is 9.21 Å². The first-order valence-electron chi connectivity index (χ1n) is 17.3. The molecule has 6 aromatic carbocycles. The highest BCUT2D eigenvalue weighted by Gasteiger charge is 2.58. The number of para-hydroxylation sites is 6. The summed E-state index contributed by atoms with van der Waals surface area (Å²) in [6.45, 7) is -1.43. The van der Waals surface area contributed by atoms with Crippen LogP contribution in [0.25, 0.3) is 0 Å². The average Bonchev–Trinajstić information content (AvgIpc) is 3.25. The van der Waals surface area contributed by atoms with Gasteiger partial charge in [-0.25, -0.2) is 0 Å². The Balaban J connectivity index is 1.54. The van der Waals surface area contributed by atoms with E-state index in [1.807, 2.05) is 24.3 Å². The number of nitrogens with zero attached hydrogens (tertiary/aromatic N) is 3. The maximum Gasteiger partial charge on any atom is 0.447 e. The van der Waals surface area contributed by atoms with Gasteiger partial charge >= 0.3 is 24.6 Å². The van der Waals surface area contributed by atoms with Crippen LogP contribution in [-0.2, 0) is 26.4 Å². The molecule has 4 N–H and O–H groups in total. The van der Waals surface area contributed by atoms with E-state index in [1.165, 1.54) is 9.21 Å². The number of aliphatic hydroxyl groups excluding tert-OH is 4. The Morgan fingerprint density at radius 2 is 0.857 bits per heavy atom. The Bertz CT molecular complexity index is 2200. The summed E-state index contributed by atoms with van der Waals surface area (Å²) < 4.78 is 35.6. The normalized spacial score (nSPS) is 16.6. The Morgan fingerprint density at radius 3 is 1.38 bits per heavy atom. The van der Waals surface area contributed by atoms with Gasteiger partial charge in [0.15, 0.2) is 5.75 Å². The van der Waals surface area contributed by atoms with Crippen molar-refractivity contribution in [1.29, 1.82) is 0 Å². The molecule has 0 aliphatic carbocycles. The lowest BCUT2D eigenvalue weighted by Gasteiger charge is -2.44. The molecule has 288 valence electrons. The Kier molecular flexibility index (Phi) is 13.1. The molecule has 0 aromatic heterocycles. The van der Waals surface area contributed by atoms with Gasteiger partial charge in [0.25, 0.3) is 0 Å². The molecule has 1 aliphatic rings. The van der Waals surface area contributed by atoms with Crippen molar-refractivity contribution in [2.45, 2.75) is 26.4 Å². The Labute approximate surface area is 326 Å². The van der Waals surface area contributed by atoms with Crippen LogP contribution >= 0.6 is 24.6 Å². The molecule has 0 radical (unpaired) electrons. The second-order valence-electron chi connectivity index (χ2n) is 11.8. The lowest BCUT2D eigenvalue weighted by molar-refractivity contribution is 0.0530. The minimum Gasteiger partial charge on any atom is -0.440 e. The van der Waals surface area contributed by atoms with Crippen LogP contribution in [-0.4, -0.2) is 29.6 Å². The first kappa shape index (κ1) is 39.2. The van der Waals surface area contributed by atoms with Gasteiger partial charge in [0.2, 0.25) is 0 Å². The van der Waals surface area contributed by atoms with E-state index in [9.17, 15) is 20.4 Å². The lowest BCUT2D eigenvalue weighted by Crippen LogP contribution is -2.37. The summed E-state index contributed by atoms with van der Waals surface area (Å²) in [5.41, 5.74) is 1.80. The van der Waals surface area contributed by atoms with E-state index in [4.69, 9.17) is 32.3 Å². The van der Waals surface area contributed by atoms with Crippen LogP contribution in [0.15, 0.2) is 162 Å². The van der Waals surface area contributed by atoms with E-state index in [0.717, 1.165) is 0 Å². The highest BCUT2D eigenvalue weighted by atomic mass is 31.3. The molecule has 1 heterocycles. The van der Waals surface area contributed by atoms with Crippen molar-refractivity contribution in [2.24, 2.45) is 4.52 Å². The van der Waals surface area contributed by atoms with Crippen molar-refractivity contribution in [3.8, 4) is 34.5 Å². The maximum absolute atomic E-state index is 10.5. The molecule has 0 spiro atoms. The monoisotopic (exact) mass is 813 g/mol. The molecular weight excluding hydrogens is 775 g/mol. The smallest absolute Gasteiger partial charge is 0.440 e.